The van der Waals surface area contributed by atoms with Crippen LogP contribution in [0.5, 0.6) is 0 Å². The van der Waals surface area contributed by atoms with E-state index in [0.717, 1.165) is 0 Å². The highest BCUT2D eigenvalue weighted by molar-refractivity contribution is 5.95. The zero-order valence-electron chi connectivity index (χ0n) is 11.8. The Kier molecular flexibility index (Phi) is 5.60. The first-order valence-electron chi connectivity index (χ1n) is 6.17. The van der Waals surface area contributed by atoms with E-state index in [-0.39, 0.29) is 11.6 Å². The Balaban J connectivity index is 2.85. The van der Waals surface area contributed by atoms with Gasteiger partial charge in [-0.1, -0.05) is 0 Å². The van der Waals surface area contributed by atoms with Gasteiger partial charge in [0.05, 0.1) is 11.0 Å². The number of anilines is 1. The summed E-state index contributed by atoms with van der Waals surface area (Å²) in [4.78, 5) is 22.2. The predicted molar refractivity (Wildman–Crippen MR) is 75.7 cm³/mol. The third-order valence-corrected chi connectivity index (χ3v) is 2.97. The Labute approximate surface area is 117 Å². The lowest BCUT2D eigenvalue weighted by Gasteiger charge is -2.14. The zero-order valence-corrected chi connectivity index (χ0v) is 11.8. The van der Waals surface area contributed by atoms with E-state index in [9.17, 15) is 14.9 Å². The van der Waals surface area contributed by atoms with E-state index >= 15 is 0 Å². The number of nitrogens with two attached hydrogens (primary N) is 1. The van der Waals surface area contributed by atoms with Gasteiger partial charge in [0.1, 0.15) is 0 Å². The number of carbonyl (C=O) groups excluding carboxylic acids is 1. The Morgan fingerprint density at radius 1 is 1.45 bits per heavy atom. The lowest BCUT2D eigenvalue weighted by molar-refractivity contribution is -0.385. The standard InChI is InChI=1S/C13H19N3O4/c1-8-7-12(16(18)19)9(2)6-11(8)15-13(17)10(14)4-5-20-3/h6-7,10H,4-5,14H2,1-3H3,(H,15,17). The molecule has 1 atom stereocenters. The number of nitro benzene ring substituents is 1. The second-order valence-corrected chi connectivity index (χ2v) is 4.59. The van der Waals surface area contributed by atoms with Crippen molar-refractivity contribution in [1.82, 2.24) is 0 Å². The molecule has 1 aromatic carbocycles. The molecule has 20 heavy (non-hydrogen) atoms. The fourth-order valence-electron chi connectivity index (χ4n) is 1.73. The van der Waals surface area contributed by atoms with E-state index in [2.05, 4.69) is 5.32 Å². The van der Waals surface area contributed by atoms with E-state index in [0.29, 0.717) is 29.8 Å². The smallest absolute Gasteiger partial charge is 0.272 e. The molecule has 110 valence electrons. The van der Waals surface area contributed by atoms with Crippen molar-refractivity contribution < 1.29 is 14.5 Å². The number of nitrogens with one attached hydrogen (secondary N) is 1. The van der Waals surface area contributed by atoms with Gasteiger partial charge in [0.2, 0.25) is 5.91 Å². The molecule has 0 fully saturated rings. The summed E-state index contributed by atoms with van der Waals surface area (Å²) < 4.78 is 4.86. The van der Waals surface area contributed by atoms with E-state index in [1.807, 2.05) is 0 Å². The van der Waals surface area contributed by atoms with Crippen molar-refractivity contribution in [3.05, 3.63) is 33.4 Å². The summed E-state index contributed by atoms with van der Waals surface area (Å²) in [6.45, 7) is 3.72. The number of nitro groups is 1. The summed E-state index contributed by atoms with van der Waals surface area (Å²) in [6, 6.07) is 2.34. The average Bonchev–Trinajstić information content (AvgIpc) is 2.39. The number of aryl methyl sites for hydroxylation is 2. The van der Waals surface area contributed by atoms with Crippen molar-refractivity contribution >= 4 is 17.3 Å². The predicted octanol–water partition coefficient (Wildman–Crippen LogP) is 1.51. The molecule has 1 aromatic rings. The third-order valence-electron chi connectivity index (χ3n) is 2.97. The molecule has 0 spiro atoms. The van der Waals surface area contributed by atoms with Gasteiger partial charge in [0.15, 0.2) is 0 Å². The van der Waals surface area contributed by atoms with Crippen LogP contribution in [0.15, 0.2) is 12.1 Å². The van der Waals surface area contributed by atoms with Gasteiger partial charge >= 0.3 is 0 Å². The highest BCUT2D eigenvalue weighted by atomic mass is 16.6. The minimum Gasteiger partial charge on any atom is -0.385 e. The van der Waals surface area contributed by atoms with E-state index in [1.54, 1.807) is 19.9 Å². The fourth-order valence-corrected chi connectivity index (χ4v) is 1.73. The number of methoxy groups -OCH3 is 1. The van der Waals surface area contributed by atoms with Crippen molar-refractivity contribution in [2.75, 3.05) is 19.0 Å². The minimum atomic E-state index is -0.676. The number of nitrogens with zero attached hydrogens (tertiary/aromatic N) is 1. The minimum absolute atomic E-state index is 0.0316. The van der Waals surface area contributed by atoms with Gasteiger partial charge in [-0.15, -0.1) is 0 Å². The lowest BCUT2D eigenvalue weighted by atomic mass is 10.1. The van der Waals surface area contributed by atoms with Crippen molar-refractivity contribution in [2.24, 2.45) is 5.73 Å². The maximum absolute atomic E-state index is 11.9. The summed E-state index contributed by atoms with van der Waals surface area (Å²) in [7, 11) is 1.54. The number of ether oxygens (including phenoxy) is 1. The van der Waals surface area contributed by atoms with Gasteiger partial charge in [-0.05, 0) is 31.9 Å². The Bertz CT molecular complexity index is 517. The quantitative estimate of drug-likeness (QED) is 0.607. The molecule has 1 unspecified atom stereocenters. The number of rotatable bonds is 6. The van der Waals surface area contributed by atoms with Crippen LogP contribution < -0.4 is 11.1 Å². The van der Waals surface area contributed by atoms with Crippen molar-refractivity contribution in [3.63, 3.8) is 0 Å². The molecule has 0 bridgehead atoms. The van der Waals surface area contributed by atoms with Crippen LogP contribution in [0.1, 0.15) is 17.5 Å². The summed E-state index contributed by atoms with van der Waals surface area (Å²) in [6.07, 6.45) is 0.410. The zero-order chi connectivity index (χ0) is 15.3. The van der Waals surface area contributed by atoms with Crippen LogP contribution in [0.25, 0.3) is 0 Å². The second-order valence-electron chi connectivity index (χ2n) is 4.59. The average molecular weight is 281 g/mol. The monoisotopic (exact) mass is 281 g/mol. The van der Waals surface area contributed by atoms with E-state index < -0.39 is 11.0 Å². The van der Waals surface area contributed by atoms with Gasteiger partial charge < -0.3 is 15.8 Å². The highest BCUT2D eigenvalue weighted by Gasteiger charge is 2.17. The molecule has 7 heteroatoms. The SMILES string of the molecule is COCCC(N)C(=O)Nc1cc(C)c([N+](=O)[O-])cc1C. The Morgan fingerprint density at radius 3 is 2.65 bits per heavy atom. The maximum Gasteiger partial charge on any atom is 0.272 e. The summed E-state index contributed by atoms with van der Waals surface area (Å²) in [5.41, 5.74) is 7.39. The first kappa shape index (κ1) is 16.1. The molecule has 1 amide bonds. The molecule has 1 rings (SSSR count). The van der Waals surface area contributed by atoms with Gasteiger partial charge in [0, 0.05) is 31.0 Å². The highest BCUT2D eigenvalue weighted by Crippen LogP contribution is 2.26. The molecule has 0 saturated carbocycles. The summed E-state index contributed by atoms with van der Waals surface area (Å²) >= 11 is 0. The van der Waals surface area contributed by atoms with Crippen LogP contribution in [0.2, 0.25) is 0 Å². The number of benzene rings is 1. The molecule has 0 aliphatic rings. The number of carbonyl (C=O) groups is 1. The second kappa shape index (κ2) is 6.97. The van der Waals surface area contributed by atoms with Crippen LogP contribution in [0.4, 0.5) is 11.4 Å². The molecule has 0 aliphatic heterocycles. The number of amides is 1. The molecular weight excluding hydrogens is 262 g/mol. The Hall–Kier alpha value is -1.99. The van der Waals surface area contributed by atoms with Crippen LogP contribution in [-0.2, 0) is 9.53 Å². The molecular formula is C13H19N3O4. The maximum atomic E-state index is 11.9. The van der Waals surface area contributed by atoms with Crippen molar-refractivity contribution in [2.45, 2.75) is 26.3 Å². The van der Waals surface area contributed by atoms with Crippen LogP contribution >= 0.6 is 0 Å². The van der Waals surface area contributed by atoms with Gasteiger partial charge in [-0.3, -0.25) is 14.9 Å². The molecule has 3 N–H and O–H groups in total. The normalized spacial score (nSPS) is 12.0. The van der Waals surface area contributed by atoms with E-state index in [4.69, 9.17) is 10.5 Å². The number of hydrogen-bond donors (Lipinski definition) is 2. The lowest BCUT2D eigenvalue weighted by Crippen LogP contribution is -2.36. The third kappa shape index (κ3) is 4.01. The topological polar surface area (TPSA) is 107 Å². The molecule has 0 heterocycles. The first-order valence-corrected chi connectivity index (χ1v) is 6.17. The Morgan fingerprint density at radius 2 is 2.10 bits per heavy atom. The van der Waals surface area contributed by atoms with Crippen molar-refractivity contribution in [3.8, 4) is 0 Å². The largest absolute Gasteiger partial charge is 0.385 e. The van der Waals surface area contributed by atoms with Crippen LogP contribution in [-0.4, -0.2) is 30.6 Å². The van der Waals surface area contributed by atoms with Gasteiger partial charge in [-0.2, -0.15) is 0 Å². The molecule has 0 aliphatic carbocycles. The fraction of sp³-hybridized carbons (Fsp3) is 0.462. The molecule has 0 saturated heterocycles. The molecule has 0 aromatic heterocycles. The molecule has 7 nitrogen and oxygen atoms in total. The summed E-state index contributed by atoms with van der Waals surface area (Å²) in [5.74, 6) is -0.335. The van der Waals surface area contributed by atoms with Crippen LogP contribution in [0, 0.1) is 24.0 Å². The van der Waals surface area contributed by atoms with Gasteiger partial charge in [0.25, 0.3) is 5.69 Å². The number of hydrogen-bond acceptors (Lipinski definition) is 5. The van der Waals surface area contributed by atoms with Crippen LogP contribution in [0.3, 0.4) is 0 Å². The summed E-state index contributed by atoms with van der Waals surface area (Å²) in [5, 5.41) is 13.5. The first-order chi connectivity index (χ1) is 9.36. The van der Waals surface area contributed by atoms with Gasteiger partial charge in [-0.25, -0.2) is 0 Å². The van der Waals surface area contributed by atoms with Crippen molar-refractivity contribution in [1.29, 1.82) is 0 Å². The van der Waals surface area contributed by atoms with E-state index in [1.165, 1.54) is 13.2 Å². The molecule has 0 radical (unpaired) electrons.